The lowest BCUT2D eigenvalue weighted by molar-refractivity contribution is -0.143. The SMILES string of the molecule is CCOC(=O)CCn1c2c(c3cc(C)ccc31)CNCCC2. The van der Waals surface area contributed by atoms with Crippen LogP contribution in [0.15, 0.2) is 18.2 Å². The zero-order valence-electron chi connectivity index (χ0n) is 13.4. The molecule has 1 aromatic carbocycles. The van der Waals surface area contributed by atoms with Crippen LogP contribution in [0, 0.1) is 6.92 Å². The lowest BCUT2D eigenvalue weighted by Gasteiger charge is -2.10. The van der Waals surface area contributed by atoms with Crippen LogP contribution in [0.5, 0.6) is 0 Å². The fraction of sp³-hybridized carbons (Fsp3) is 0.500. The van der Waals surface area contributed by atoms with Crippen molar-refractivity contribution in [2.24, 2.45) is 0 Å². The highest BCUT2D eigenvalue weighted by atomic mass is 16.5. The van der Waals surface area contributed by atoms with Crippen molar-refractivity contribution in [3.63, 3.8) is 0 Å². The van der Waals surface area contributed by atoms with E-state index in [1.54, 1.807) is 0 Å². The van der Waals surface area contributed by atoms with Crippen LogP contribution in [0.25, 0.3) is 10.9 Å². The fourth-order valence-corrected chi connectivity index (χ4v) is 3.36. The van der Waals surface area contributed by atoms with Gasteiger partial charge in [-0.2, -0.15) is 0 Å². The molecule has 118 valence electrons. The Balaban J connectivity index is 2.00. The van der Waals surface area contributed by atoms with Crippen LogP contribution < -0.4 is 5.32 Å². The number of nitrogens with one attached hydrogen (secondary N) is 1. The number of esters is 1. The van der Waals surface area contributed by atoms with Crippen molar-refractivity contribution in [1.29, 1.82) is 0 Å². The number of nitrogens with zero attached hydrogens (tertiary/aromatic N) is 1. The zero-order chi connectivity index (χ0) is 15.5. The van der Waals surface area contributed by atoms with Gasteiger partial charge in [-0.05, 0) is 50.9 Å². The highest BCUT2D eigenvalue weighted by Gasteiger charge is 2.19. The van der Waals surface area contributed by atoms with E-state index in [1.165, 1.54) is 27.7 Å². The van der Waals surface area contributed by atoms with E-state index in [9.17, 15) is 4.79 Å². The highest BCUT2D eigenvalue weighted by molar-refractivity contribution is 5.86. The molecule has 2 aromatic rings. The number of hydrogen-bond acceptors (Lipinski definition) is 3. The summed E-state index contributed by atoms with van der Waals surface area (Å²) in [4.78, 5) is 11.7. The van der Waals surface area contributed by atoms with Crippen LogP contribution in [-0.2, 0) is 29.0 Å². The Labute approximate surface area is 131 Å². The third kappa shape index (κ3) is 2.88. The maximum Gasteiger partial charge on any atom is 0.307 e. The third-order valence-corrected chi connectivity index (χ3v) is 4.36. The highest BCUT2D eigenvalue weighted by Crippen LogP contribution is 2.29. The van der Waals surface area contributed by atoms with E-state index in [1.807, 2.05) is 6.92 Å². The largest absolute Gasteiger partial charge is 0.466 e. The quantitative estimate of drug-likeness (QED) is 0.883. The van der Waals surface area contributed by atoms with Crippen LogP contribution in [0.4, 0.5) is 0 Å². The fourth-order valence-electron chi connectivity index (χ4n) is 3.36. The lowest BCUT2D eigenvalue weighted by Crippen LogP contribution is -2.11. The Bertz CT molecular complexity index is 688. The van der Waals surface area contributed by atoms with Gasteiger partial charge in [0.1, 0.15) is 0 Å². The van der Waals surface area contributed by atoms with E-state index in [0.29, 0.717) is 19.6 Å². The number of aryl methyl sites for hydroxylation is 2. The van der Waals surface area contributed by atoms with Crippen molar-refractivity contribution in [3.8, 4) is 0 Å². The Kier molecular flexibility index (Phi) is 4.48. The van der Waals surface area contributed by atoms with Crippen molar-refractivity contribution >= 4 is 16.9 Å². The average Bonchev–Trinajstić information content (AvgIpc) is 2.66. The topological polar surface area (TPSA) is 43.3 Å². The molecule has 0 unspecified atom stereocenters. The molecule has 0 saturated carbocycles. The van der Waals surface area contributed by atoms with E-state index < -0.39 is 0 Å². The number of carbonyl (C=O) groups is 1. The minimum Gasteiger partial charge on any atom is -0.466 e. The normalized spacial score (nSPS) is 14.6. The number of carbonyl (C=O) groups excluding carboxylic acids is 1. The van der Waals surface area contributed by atoms with Gasteiger partial charge >= 0.3 is 5.97 Å². The molecule has 4 heteroatoms. The molecule has 0 radical (unpaired) electrons. The molecular weight excluding hydrogens is 276 g/mol. The summed E-state index contributed by atoms with van der Waals surface area (Å²) in [6, 6.07) is 6.60. The summed E-state index contributed by atoms with van der Waals surface area (Å²) in [6.45, 7) is 7.11. The molecule has 1 N–H and O–H groups in total. The summed E-state index contributed by atoms with van der Waals surface area (Å²) in [5.41, 5.74) is 5.31. The predicted octanol–water partition coefficient (Wildman–Crippen LogP) is 2.94. The smallest absolute Gasteiger partial charge is 0.307 e. The van der Waals surface area contributed by atoms with Crippen LogP contribution in [-0.4, -0.2) is 23.7 Å². The van der Waals surface area contributed by atoms with Gasteiger partial charge in [0, 0.05) is 29.7 Å². The van der Waals surface area contributed by atoms with Crippen LogP contribution in [0.2, 0.25) is 0 Å². The number of aromatic nitrogens is 1. The van der Waals surface area contributed by atoms with Crippen molar-refractivity contribution in [2.75, 3.05) is 13.2 Å². The van der Waals surface area contributed by atoms with Gasteiger partial charge < -0.3 is 14.6 Å². The van der Waals surface area contributed by atoms with E-state index in [-0.39, 0.29) is 5.97 Å². The number of ether oxygens (including phenoxy) is 1. The second kappa shape index (κ2) is 6.53. The second-order valence-electron chi connectivity index (χ2n) is 5.93. The van der Waals surface area contributed by atoms with Gasteiger partial charge in [0.25, 0.3) is 0 Å². The summed E-state index contributed by atoms with van der Waals surface area (Å²) >= 11 is 0. The minimum atomic E-state index is -0.114. The number of hydrogen-bond donors (Lipinski definition) is 1. The Morgan fingerprint density at radius 1 is 1.41 bits per heavy atom. The second-order valence-corrected chi connectivity index (χ2v) is 5.93. The maximum absolute atomic E-state index is 11.7. The van der Waals surface area contributed by atoms with Crippen molar-refractivity contribution in [3.05, 3.63) is 35.0 Å². The standard InChI is InChI=1S/C18H24N2O2/c1-3-22-18(21)8-10-20-16-5-4-9-19-12-15(16)14-11-13(2)6-7-17(14)20/h6-7,11,19H,3-5,8-10,12H2,1-2H3. The molecule has 1 aromatic heterocycles. The minimum absolute atomic E-state index is 0.114. The number of fused-ring (bicyclic) bond motifs is 3. The van der Waals surface area contributed by atoms with E-state index in [4.69, 9.17) is 4.74 Å². The molecule has 3 rings (SSSR count). The monoisotopic (exact) mass is 300 g/mol. The first kappa shape index (κ1) is 15.1. The molecule has 0 aliphatic carbocycles. The Morgan fingerprint density at radius 3 is 3.09 bits per heavy atom. The molecule has 2 heterocycles. The third-order valence-electron chi connectivity index (χ3n) is 4.36. The number of rotatable bonds is 4. The van der Waals surface area contributed by atoms with Crippen molar-refractivity contribution in [2.45, 2.75) is 46.2 Å². The molecule has 0 bridgehead atoms. The summed E-state index contributed by atoms with van der Waals surface area (Å²) in [7, 11) is 0. The van der Waals surface area contributed by atoms with Gasteiger partial charge in [0.05, 0.1) is 13.0 Å². The first-order chi connectivity index (χ1) is 10.7. The summed E-state index contributed by atoms with van der Waals surface area (Å²) in [5.74, 6) is -0.114. The van der Waals surface area contributed by atoms with Gasteiger partial charge in [-0.1, -0.05) is 11.6 Å². The molecule has 0 atom stereocenters. The predicted molar refractivity (Wildman–Crippen MR) is 88.0 cm³/mol. The first-order valence-electron chi connectivity index (χ1n) is 8.17. The van der Waals surface area contributed by atoms with E-state index in [2.05, 4.69) is 35.0 Å². The Hall–Kier alpha value is -1.81. The molecular formula is C18H24N2O2. The lowest BCUT2D eigenvalue weighted by atomic mass is 10.1. The summed E-state index contributed by atoms with van der Waals surface area (Å²) < 4.78 is 7.40. The van der Waals surface area contributed by atoms with E-state index in [0.717, 1.165) is 25.9 Å². The van der Waals surface area contributed by atoms with E-state index >= 15 is 0 Å². The maximum atomic E-state index is 11.7. The Morgan fingerprint density at radius 2 is 2.27 bits per heavy atom. The van der Waals surface area contributed by atoms with Crippen molar-refractivity contribution in [1.82, 2.24) is 9.88 Å². The van der Waals surface area contributed by atoms with Crippen LogP contribution >= 0.6 is 0 Å². The molecule has 0 fully saturated rings. The summed E-state index contributed by atoms with van der Waals surface area (Å²) in [5, 5.41) is 4.84. The van der Waals surface area contributed by atoms with Crippen LogP contribution in [0.1, 0.15) is 36.6 Å². The molecule has 1 aliphatic heterocycles. The van der Waals surface area contributed by atoms with Gasteiger partial charge in [-0.3, -0.25) is 4.79 Å². The zero-order valence-corrected chi connectivity index (χ0v) is 13.4. The van der Waals surface area contributed by atoms with Gasteiger partial charge in [-0.25, -0.2) is 0 Å². The molecule has 0 spiro atoms. The van der Waals surface area contributed by atoms with Gasteiger partial charge in [0.15, 0.2) is 0 Å². The molecule has 0 saturated heterocycles. The number of benzene rings is 1. The molecule has 22 heavy (non-hydrogen) atoms. The van der Waals surface area contributed by atoms with Crippen molar-refractivity contribution < 1.29 is 9.53 Å². The molecule has 4 nitrogen and oxygen atoms in total. The van der Waals surface area contributed by atoms with Gasteiger partial charge in [-0.15, -0.1) is 0 Å². The first-order valence-corrected chi connectivity index (χ1v) is 8.17. The van der Waals surface area contributed by atoms with Crippen LogP contribution in [0.3, 0.4) is 0 Å². The average molecular weight is 300 g/mol. The molecule has 1 aliphatic rings. The van der Waals surface area contributed by atoms with Gasteiger partial charge in [0.2, 0.25) is 0 Å². The molecule has 0 amide bonds. The summed E-state index contributed by atoms with van der Waals surface area (Å²) in [6.07, 6.45) is 2.64.